The lowest BCUT2D eigenvalue weighted by Crippen LogP contribution is -2.03. The molecule has 0 aliphatic heterocycles. The molecule has 1 unspecified atom stereocenters. The normalized spacial score (nSPS) is 14.3. The molecule has 0 fully saturated rings. The molecule has 1 heteroatoms. The molecule has 1 atom stereocenters. The van der Waals surface area contributed by atoms with Crippen LogP contribution >= 0.6 is 0 Å². The van der Waals surface area contributed by atoms with Gasteiger partial charge in [-0.05, 0) is 12.8 Å². The molecule has 0 heterocycles. The van der Waals surface area contributed by atoms with Crippen LogP contribution in [-0.2, 0) is 4.74 Å². The van der Waals surface area contributed by atoms with E-state index in [-0.39, 0.29) is 0 Å². The third kappa shape index (κ3) is 4.57. The standard InChI is InChI=1S/C9H18O/c1-4-6-7-8-9(5-2)10-3/h7-9H,4-6H2,1-3H3. The molecule has 0 N–H and O–H groups in total. The smallest absolute Gasteiger partial charge is 0.0749 e. The van der Waals surface area contributed by atoms with Gasteiger partial charge in [0.25, 0.3) is 0 Å². The molecule has 0 bridgehead atoms. The second-order valence-corrected chi connectivity index (χ2v) is 2.40. The Labute approximate surface area is 64.1 Å². The zero-order chi connectivity index (χ0) is 7.82. The summed E-state index contributed by atoms with van der Waals surface area (Å²) in [5.41, 5.74) is 0. The maximum Gasteiger partial charge on any atom is 0.0749 e. The van der Waals surface area contributed by atoms with Crippen LogP contribution in [0.5, 0.6) is 0 Å². The molecule has 10 heavy (non-hydrogen) atoms. The third-order valence-electron chi connectivity index (χ3n) is 1.51. The molecule has 0 rings (SSSR count). The van der Waals surface area contributed by atoms with Crippen molar-refractivity contribution in [1.29, 1.82) is 0 Å². The molecule has 0 saturated heterocycles. The first-order chi connectivity index (χ1) is 4.85. The van der Waals surface area contributed by atoms with Crippen molar-refractivity contribution < 1.29 is 4.74 Å². The fourth-order valence-corrected chi connectivity index (χ4v) is 0.796. The van der Waals surface area contributed by atoms with Crippen LogP contribution in [0.15, 0.2) is 12.2 Å². The number of rotatable bonds is 5. The number of hydrogen-bond donors (Lipinski definition) is 0. The number of unbranched alkanes of at least 4 members (excludes halogenated alkanes) is 1. The van der Waals surface area contributed by atoms with Crippen molar-refractivity contribution in [3.63, 3.8) is 0 Å². The SMILES string of the molecule is CCCC=CC(CC)OC. The summed E-state index contributed by atoms with van der Waals surface area (Å²) >= 11 is 0. The summed E-state index contributed by atoms with van der Waals surface area (Å²) in [6, 6.07) is 0. The lowest BCUT2D eigenvalue weighted by atomic mass is 10.2. The third-order valence-corrected chi connectivity index (χ3v) is 1.51. The van der Waals surface area contributed by atoms with E-state index in [4.69, 9.17) is 4.74 Å². The van der Waals surface area contributed by atoms with E-state index >= 15 is 0 Å². The highest BCUT2D eigenvalue weighted by Crippen LogP contribution is 1.99. The summed E-state index contributed by atoms with van der Waals surface area (Å²) in [5, 5.41) is 0. The van der Waals surface area contributed by atoms with Gasteiger partial charge in [0.05, 0.1) is 6.10 Å². The molecular formula is C9H18O. The molecule has 60 valence electrons. The Bertz CT molecular complexity index is 82.7. The van der Waals surface area contributed by atoms with E-state index in [9.17, 15) is 0 Å². The van der Waals surface area contributed by atoms with E-state index in [1.54, 1.807) is 7.11 Å². The Morgan fingerprint density at radius 3 is 2.50 bits per heavy atom. The topological polar surface area (TPSA) is 9.23 Å². The zero-order valence-corrected chi connectivity index (χ0v) is 7.26. The van der Waals surface area contributed by atoms with Crippen LogP contribution in [0.2, 0.25) is 0 Å². The van der Waals surface area contributed by atoms with Crippen molar-refractivity contribution in [3.8, 4) is 0 Å². The Kier molecular flexibility index (Phi) is 6.61. The molecule has 0 aromatic rings. The van der Waals surface area contributed by atoms with Gasteiger partial charge in [-0.25, -0.2) is 0 Å². The van der Waals surface area contributed by atoms with E-state index in [2.05, 4.69) is 26.0 Å². The summed E-state index contributed by atoms with van der Waals surface area (Å²) in [5.74, 6) is 0. The van der Waals surface area contributed by atoms with Gasteiger partial charge >= 0.3 is 0 Å². The van der Waals surface area contributed by atoms with Gasteiger partial charge in [-0.2, -0.15) is 0 Å². The van der Waals surface area contributed by atoms with Gasteiger partial charge in [-0.15, -0.1) is 0 Å². The van der Waals surface area contributed by atoms with Gasteiger partial charge < -0.3 is 4.74 Å². The highest BCUT2D eigenvalue weighted by Gasteiger charge is 1.94. The van der Waals surface area contributed by atoms with Crippen molar-refractivity contribution in [1.82, 2.24) is 0 Å². The minimum absolute atomic E-state index is 0.326. The summed E-state index contributed by atoms with van der Waals surface area (Å²) in [6.07, 6.45) is 8.11. The highest BCUT2D eigenvalue weighted by molar-refractivity contribution is 4.88. The fraction of sp³-hybridized carbons (Fsp3) is 0.778. The van der Waals surface area contributed by atoms with Crippen LogP contribution in [0, 0.1) is 0 Å². The molecule has 0 radical (unpaired) electrons. The molecule has 0 amide bonds. The van der Waals surface area contributed by atoms with Crippen LogP contribution < -0.4 is 0 Å². The summed E-state index contributed by atoms with van der Waals surface area (Å²) in [4.78, 5) is 0. The second kappa shape index (κ2) is 6.81. The molecule has 1 nitrogen and oxygen atoms in total. The van der Waals surface area contributed by atoms with Crippen LogP contribution in [0.3, 0.4) is 0 Å². The minimum Gasteiger partial charge on any atom is -0.377 e. The number of allylic oxidation sites excluding steroid dienone is 1. The predicted octanol–water partition coefficient (Wildman–Crippen LogP) is 2.77. The molecule has 0 aromatic heterocycles. The summed E-state index contributed by atoms with van der Waals surface area (Å²) in [7, 11) is 1.75. The number of methoxy groups -OCH3 is 1. The molecular weight excluding hydrogens is 124 g/mol. The molecule has 0 saturated carbocycles. The molecule has 0 aromatic carbocycles. The predicted molar refractivity (Wildman–Crippen MR) is 45.1 cm³/mol. The van der Waals surface area contributed by atoms with E-state index in [1.165, 1.54) is 12.8 Å². The average molecular weight is 142 g/mol. The van der Waals surface area contributed by atoms with Crippen LogP contribution in [0.25, 0.3) is 0 Å². The first-order valence-corrected chi connectivity index (χ1v) is 4.04. The zero-order valence-electron chi connectivity index (χ0n) is 7.26. The number of ether oxygens (including phenoxy) is 1. The van der Waals surface area contributed by atoms with E-state index in [1.807, 2.05) is 0 Å². The first-order valence-electron chi connectivity index (χ1n) is 4.04. The summed E-state index contributed by atoms with van der Waals surface area (Å²) < 4.78 is 5.16. The Hall–Kier alpha value is -0.300. The van der Waals surface area contributed by atoms with Gasteiger partial charge in [0.1, 0.15) is 0 Å². The first kappa shape index (κ1) is 9.70. The number of hydrogen-bond acceptors (Lipinski definition) is 1. The quantitative estimate of drug-likeness (QED) is 0.536. The van der Waals surface area contributed by atoms with Crippen LogP contribution in [-0.4, -0.2) is 13.2 Å². The van der Waals surface area contributed by atoms with E-state index < -0.39 is 0 Å². The lowest BCUT2D eigenvalue weighted by Gasteiger charge is -2.05. The average Bonchev–Trinajstić information content (AvgIpc) is 1.99. The monoisotopic (exact) mass is 142 g/mol. The summed E-state index contributed by atoms with van der Waals surface area (Å²) in [6.45, 7) is 4.31. The lowest BCUT2D eigenvalue weighted by molar-refractivity contribution is 0.138. The van der Waals surface area contributed by atoms with Crippen molar-refractivity contribution >= 4 is 0 Å². The van der Waals surface area contributed by atoms with Crippen molar-refractivity contribution in [2.75, 3.05) is 7.11 Å². The van der Waals surface area contributed by atoms with Crippen molar-refractivity contribution in [2.24, 2.45) is 0 Å². The largest absolute Gasteiger partial charge is 0.377 e. The van der Waals surface area contributed by atoms with Crippen LogP contribution in [0.1, 0.15) is 33.1 Å². The van der Waals surface area contributed by atoms with Gasteiger partial charge in [0.15, 0.2) is 0 Å². The van der Waals surface area contributed by atoms with Crippen molar-refractivity contribution in [2.45, 2.75) is 39.2 Å². The van der Waals surface area contributed by atoms with Gasteiger partial charge in [-0.3, -0.25) is 0 Å². The maximum atomic E-state index is 5.16. The minimum atomic E-state index is 0.326. The van der Waals surface area contributed by atoms with Gasteiger partial charge in [-0.1, -0.05) is 32.4 Å². The molecule has 0 aliphatic rings. The van der Waals surface area contributed by atoms with Crippen molar-refractivity contribution in [3.05, 3.63) is 12.2 Å². The highest BCUT2D eigenvalue weighted by atomic mass is 16.5. The van der Waals surface area contributed by atoms with E-state index in [0.717, 1.165) is 6.42 Å². The Balaban J connectivity index is 3.40. The Morgan fingerprint density at radius 2 is 2.10 bits per heavy atom. The van der Waals surface area contributed by atoms with Crippen LogP contribution in [0.4, 0.5) is 0 Å². The van der Waals surface area contributed by atoms with Gasteiger partial charge in [0.2, 0.25) is 0 Å². The molecule has 0 spiro atoms. The Morgan fingerprint density at radius 1 is 1.40 bits per heavy atom. The van der Waals surface area contributed by atoms with E-state index in [0.29, 0.717) is 6.10 Å². The molecule has 0 aliphatic carbocycles. The fourth-order valence-electron chi connectivity index (χ4n) is 0.796. The maximum absolute atomic E-state index is 5.16. The second-order valence-electron chi connectivity index (χ2n) is 2.40. The van der Waals surface area contributed by atoms with Gasteiger partial charge in [0, 0.05) is 7.11 Å².